The van der Waals surface area contributed by atoms with Gasteiger partial charge in [0.15, 0.2) is 0 Å². The Hall–Kier alpha value is -0.580. The summed E-state index contributed by atoms with van der Waals surface area (Å²) in [4.78, 5) is 11.7. The first-order chi connectivity index (χ1) is 7.43. The molecule has 0 saturated carbocycles. The van der Waals surface area contributed by atoms with E-state index in [-0.39, 0.29) is 11.8 Å². The van der Waals surface area contributed by atoms with E-state index in [2.05, 4.69) is 21.2 Å². The zero-order chi connectivity index (χ0) is 12.3. The van der Waals surface area contributed by atoms with Crippen LogP contribution in [0.25, 0.3) is 0 Å². The van der Waals surface area contributed by atoms with Gasteiger partial charge in [-0.1, -0.05) is 31.5 Å². The zero-order valence-corrected chi connectivity index (χ0v) is 11.5. The Morgan fingerprint density at radius 1 is 1.50 bits per heavy atom. The first-order valence-corrected chi connectivity index (χ1v) is 6.11. The number of carbonyl (C=O) groups excluding carboxylic acids is 1. The number of carbonyl (C=O) groups is 1. The summed E-state index contributed by atoms with van der Waals surface area (Å²) < 4.78 is 0.668. The second-order valence-electron chi connectivity index (χ2n) is 3.86. The summed E-state index contributed by atoms with van der Waals surface area (Å²) in [5.41, 5.74) is 6.37. The molecular formula is C11H14BrClN2O. The van der Waals surface area contributed by atoms with Gasteiger partial charge in [0, 0.05) is 0 Å². The fourth-order valence-electron chi connectivity index (χ4n) is 1.12. The minimum absolute atomic E-state index is 0.0953. The van der Waals surface area contributed by atoms with E-state index in [0.29, 0.717) is 15.2 Å². The van der Waals surface area contributed by atoms with Gasteiger partial charge < -0.3 is 11.1 Å². The number of amides is 1. The number of hydrogen-bond acceptors (Lipinski definition) is 2. The van der Waals surface area contributed by atoms with E-state index in [9.17, 15) is 4.79 Å². The summed E-state index contributed by atoms with van der Waals surface area (Å²) in [6.45, 7) is 3.80. The number of benzene rings is 1. The molecule has 0 aromatic heterocycles. The van der Waals surface area contributed by atoms with Crippen LogP contribution >= 0.6 is 27.5 Å². The quantitative estimate of drug-likeness (QED) is 0.902. The molecule has 0 unspecified atom stereocenters. The van der Waals surface area contributed by atoms with E-state index >= 15 is 0 Å². The van der Waals surface area contributed by atoms with Crippen LogP contribution < -0.4 is 11.1 Å². The monoisotopic (exact) mass is 304 g/mol. The fraction of sp³-hybridized carbons (Fsp3) is 0.364. The first-order valence-electron chi connectivity index (χ1n) is 4.94. The van der Waals surface area contributed by atoms with Gasteiger partial charge in [-0.15, -0.1) is 0 Å². The summed E-state index contributed by atoms with van der Waals surface area (Å²) in [6.07, 6.45) is 0. The molecule has 1 rings (SSSR count). The molecule has 3 nitrogen and oxygen atoms in total. The van der Waals surface area contributed by atoms with Crippen LogP contribution in [-0.4, -0.2) is 11.9 Å². The molecule has 1 atom stereocenters. The van der Waals surface area contributed by atoms with E-state index in [0.717, 1.165) is 0 Å². The van der Waals surface area contributed by atoms with Gasteiger partial charge in [-0.3, -0.25) is 4.79 Å². The summed E-state index contributed by atoms with van der Waals surface area (Å²) >= 11 is 9.22. The number of halogens is 2. The van der Waals surface area contributed by atoms with E-state index in [1.807, 2.05) is 13.8 Å². The second-order valence-corrected chi connectivity index (χ2v) is 5.06. The van der Waals surface area contributed by atoms with E-state index in [4.69, 9.17) is 17.3 Å². The largest absolute Gasteiger partial charge is 0.324 e. The van der Waals surface area contributed by atoms with Crippen molar-refractivity contribution in [2.75, 3.05) is 5.32 Å². The number of nitrogens with one attached hydrogen (secondary N) is 1. The number of anilines is 1. The second kappa shape index (κ2) is 5.66. The van der Waals surface area contributed by atoms with Crippen LogP contribution in [-0.2, 0) is 4.79 Å². The Bertz CT molecular complexity index is 396. The van der Waals surface area contributed by atoms with Crippen molar-refractivity contribution >= 4 is 39.1 Å². The molecule has 5 heteroatoms. The highest BCUT2D eigenvalue weighted by atomic mass is 79.9. The zero-order valence-electron chi connectivity index (χ0n) is 9.13. The SMILES string of the molecule is CC(C)[C@H](N)C(=O)Nc1cccc(Cl)c1Br. The van der Waals surface area contributed by atoms with Crippen molar-refractivity contribution in [2.24, 2.45) is 11.7 Å². The van der Waals surface area contributed by atoms with Crippen molar-refractivity contribution < 1.29 is 4.79 Å². The van der Waals surface area contributed by atoms with Crippen molar-refractivity contribution in [3.8, 4) is 0 Å². The first kappa shape index (κ1) is 13.5. The lowest BCUT2D eigenvalue weighted by atomic mass is 10.1. The van der Waals surface area contributed by atoms with Crippen LogP contribution in [0.15, 0.2) is 22.7 Å². The Morgan fingerprint density at radius 3 is 2.69 bits per heavy atom. The molecule has 16 heavy (non-hydrogen) atoms. The van der Waals surface area contributed by atoms with Crippen LogP contribution in [0.3, 0.4) is 0 Å². The topological polar surface area (TPSA) is 55.1 Å². The van der Waals surface area contributed by atoms with Gasteiger partial charge in [-0.05, 0) is 34.0 Å². The Morgan fingerprint density at radius 2 is 2.12 bits per heavy atom. The van der Waals surface area contributed by atoms with Crippen molar-refractivity contribution in [3.05, 3.63) is 27.7 Å². The maximum absolute atomic E-state index is 11.7. The summed E-state index contributed by atoms with van der Waals surface area (Å²) in [5.74, 6) is -0.115. The smallest absolute Gasteiger partial charge is 0.241 e. The maximum Gasteiger partial charge on any atom is 0.241 e. The van der Waals surface area contributed by atoms with Crippen LogP contribution in [0, 0.1) is 5.92 Å². The van der Waals surface area contributed by atoms with E-state index in [1.54, 1.807) is 18.2 Å². The third-order valence-corrected chi connectivity index (χ3v) is 3.63. The average Bonchev–Trinajstić information content (AvgIpc) is 2.23. The highest BCUT2D eigenvalue weighted by molar-refractivity contribution is 9.10. The standard InChI is InChI=1S/C11H14BrClN2O/c1-6(2)10(14)11(16)15-8-5-3-4-7(13)9(8)12/h3-6,10H,14H2,1-2H3,(H,15,16)/t10-/m0/s1. The highest BCUT2D eigenvalue weighted by Crippen LogP contribution is 2.30. The van der Waals surface area contributed by atoms with Crippen LogP contribution in [0.2, 0.25) is 5.02 Å². The Kier molecular flexibility index (Phi) is 4.77. The summed E-state index contributed by atoms with van der Waals surface area (Å²) in [6, 6.07) is 4.75. The number of hydrogen-bond donors (Lipinski definition) is 2. The fourth-order valence-corrected chi connectivity index (χ4v) is 1.66. The molecule has 0 fully saturated rings. The van der Waals surface area contributed by atoms with Gasteiger partial charge in [0.2, 0.25) is 5.91 Å². The minimum Gasteiger partial charge on any atom is -0.324 e. The van der Waals surface area contributed by atoms with Gasteiger partial charge in [0.05, 0.1) is 21.2 Å². The van der Waals surface area contributed by atoms with Gasteiger partial charge in [-0.25, -0.2) is 0 Å². The molecule has 1 aromatic carbocycles. The molecule has 0 aliphatic carbocycles. The Balaban J connectivity index is 2.81. The van der Waals surface area contributed by atoms with E-state index in [1.165, 1.54) is 0 Å². The van der Waals surface area contributed by atoms with Crippen molar-refractivity contribution in [3.63, 3.8) is 0 Å². The predicted octanol–water partition coefficient (Wildman–Crippen LogP) is 3.02. The van der Waals surface area contributed by atoms with E-state index < -0.39 is 6.04 Å². The minimum atomic E-state index is -0.522. The van der Waals surface area contributed by atoms with Gasteiger partial charge in [-0.2, -0.15) is 0 Å². The van der Waals surface area contributed by atoms with Crippen LogP contribution in [0.4, 0.5) is 5.69 Å². The van der Waals surface area contributed by atoms with Gasteiger partial charge in [0.25, 0.3) is 0 Å². The number of nitrogens with two attached hydrogens (primary N) is 1. The molecule has 0 spiro atoms. The maximum atomic E-state index is 11.7. The molecular weight excluding hydrogens is 291 g/mol. The van der Waals surface area contributed by atoms with Crippen molar-refractivity contribution in [1.29, 1.82) is 0 Å². The predicted molar refractivity (Wildman–Crippen MR) is 70.6 cm³/mol. The molecule has 0 aliphatic heterocycles. The van der Waals surface area contributed by atoms with Crippen LogP contribution in [0.5, 0.6) is 0 Å². The average molecular weight is 306 g/mol. The molecule has 0 bridgehead atoms. The molecule has 0 heterocycles. The number of rotatable bonds is 3. The molecule has 0 aliphatic rings. The van der Waals surface area contributed by atoms with Crippen molar-refractivity contribution in [1.82, 2.24) is 0 Å². The van der Waals surface area contributed by atoms with Crippen molar-refractivity contribution in [2.45, 2.75) is 19.9 Å². The molecule has 3 N–H and O–H groups in total. The molecule has 1 aromatic rings. The third kappa shape index (κ3) is 3.20. The van der Waals surface area contributed by atoms with Gasteiger partial charge >= 0.3 is 0 Å². The summed E-state index contributed by atoms with van der Waals surface area (Å²) in [5, 5.41) is 3.29. The van der Waals surface area contributed by atoms with Gasteiger partial charge in [0.1, 0.15) is 0 Å². The molecule has 88 valence electrons. The third-order valence-electron chi connectivity index (χ3n) is 2.23. The lowest BCUT2D eigenvalue weighted by Gasteiger charge is -2.16. The summed E-state index contributed by atoms with van der Waals surface area (Å²) in [7, 11) is 0. The molecule has 0 saturated heterocycles. The Labute approximate surface area is 108 Å². The highest BCUT2D eigenvalue weighted by Gasteiger charge is 2.18. The van der Waals surface area contributed by atoms with Crippen LogP contribution in [0.1, 0.15) is 13.8 Å². The lowest BCUT2D eigenvalue weighted by Crippen LogP contribution is -2.39. The lowest BCUT2D eigenvalue weighted by molar-refractivity contribution is -0.118. The normalized spacial score (nSPS) is 12.6. The molecule has 0 radical (unpaired) electrons. The molecule has 1 amide bonds.